The van der Waals surface area contributed by atoms with Crippen LogP contribution in [0.15, 0.2) is 71.2 Å². The first-order valence-electron chi connectivity index (χ1n) is 16.4. The fourth-order valence-corrected chi connectivity index (χ4v) is 7.22. The van der Waals surface area contributed by atoms with Gasteiger partial charge in [0.25, 0.3) is 0 Å². The lowest BCUT2D eigenvalue weighted by molar-refractivity contribution is 0.0126. The summed E-state index contributed by atoms with van der Waals surface area (Å²) in [6.45, 7) is 9.89. The van der Waals surface area contributed by atoms with Crippen LogP contribution in [0.3, 0.4) is 0 Å². The standard InChI is InChI=1S/C37H44BrN3O5/c1-37(2,3)46-36(43)41-20-16-27(17-21-41)45-34-13-12-25(22-33(34)38)23-40-18-14-26(15-19-40)39-35(42)44-24-32-30-10-6-4-8-28(30)29-9-5-7-11-31(29)32/h4-13,22,26-27,32H,14-21,23-24H2,1-3H3,(H,39,42). The first-order chi connectivity index (χ1) is 22.1. The second kappa shape index (κ2) is 14.1. The van der Waals surface area contributed by atoms with E-state index >= 15 is 0 Å². The molecule has 9 heteroatoms. The number of piperidine rings is 2. The lowest BCUT2D eigenvalue weighted by Gasteiger charge is -2.34. The fourth-order valence-electron chi connectivity index (χ4n) is 6.70. The molecule has 1 aliphatic carbocycles. The predicted molar refractivity (Wildman–Crippen MR) is 182 cm³/mol. The van der Waals surface area contributed by atoms with Crippen molar-refractivity contribution < 1.29 is 23.8 Å². The number of nitrogens with zero attached hydrogens (tertiary/aromatic N) is 2. The molecule has 0 spiro atoms. The second-order valence-corrected chi connectivity index (χ2v) is 14.4. The molecule has 0 atom stereocenters. The quantitative estimate of drug-likeness (QED) is 0.274. The molecule has 2 fully saturated rings. The third-order valence-electron chi connectivity index (χ3n) is 9.04. The van der Waals surface area contributed by atoms with E-state index in [0.717, 1.165) is 55.5 Å². The molecule has 1 N–H and O–H groups in total. The molecule has 2 saturated heterocycles. The number of rotatable bonds is 7. The molecule has 244 valence electrons. The predicted octanol–water partition coefficient (Wildman–Crippen LogP) is 7.73. The number of amides is 2. The minimum Gasteiger partial charge on any atom is -0.489 e. The van der Waals surface area contributed by atoms with Gasteiger partial charge in [-0.25, -0.2) is 9.59 Å². The van der Waals surface area contributed by atoms with Crippen molar-refractivity contribution in [3.05, 3.63) is 87.9 Å². The third kappa shape index (κ3) is 7.86. The summed E-state index contributed by atoms with van der Waals surface area (Å²) in [5.41, 5.74) is 5.61. The van der Waals surface area contributed by atoms with Crippen molar-refractivity contribution in [3.8, 4) is 16.9 Å². The molecule has 3 aromatic carbocycles. The summed E-state index contributed by atoms with van der Waals surface area (Å²) < 4.78 is 18.5. The molecule has 2 heterocycles. The second-order valence-electron chi connectivity index (χ2n) is 13.6. The molecule has 2 aliphatic heterocycles. The van der Waals surface area contributed by atoms with Crippen molar-refractivity contribution in [2.75, 3.05) is 32.8 Å². The summed E-state index contributed by atoms with van der Waals surface area (Å²) in [5.74, 6) is 0.888. The van der Waals surface area contributed by atoms with Gasteiger partial charge in [0.05, 0.1) is 4.47 Å². The molecule has 0 saturated carbocycles. The van der Waals surface area contributed by atoms with Crippen LogP contribution in [-0.2, 0) is 16.0 Å². The number of alkyl carbamates (subject to hydrolysis) is 1. The zero-order chi connectivity index (χ0) is 32.3. The van der Waals surface area contributed by atoms with Crippen molar-refractivity contribution in [1.29, 1.82) is 0 Å². The Kier molecular flexibility index (Phi) is 9.89. The summed E-state index contributed by atoms with van der Waals surface area (Å²) in [6, 6.07) is 23.2. The highest BCUT2D eigenvalue weighted by molar-refractivity contribution is 9.10. The Hall–Kier alpha value is -3.56. The van der Waals surface area contributed by atoms with E-state index in [2.05, 4.69) is 74.7 Å². The van der Waals surface area contributed by atoms with Gasteiger partial charge in [-0.15, -0.1) is 0 Å². The van der Waals surface area contributed by atoms with E-state index in [0.29, 0.717) is 19.7 Å². The van der Waals surface area contributed by atoms with E-state index in [4.69, 9.17) is 14.2 Å². The first-order valence-corrected chi connectivity index (χ1v) is 17.2. The zero-order valence-electron chi connectivity index (χ0n) is 27.0. The number of hydrogen-bond acceptors (Lipinski definition) is 6. The lowest BCUT2D eigenvalue weighted by atomic mass is 9.98. The van der Waals surface area contributed by atoms with Gasteiger partial charge in [0, 0.05) is 57.5 Å². The van der Waals surface area contributed by atoms with Gasteiger partial charge >= 0.3 is 12.2 Å². The van der Waals surface area contributed by atoms with Crippen molar-refractivity contribution in [1.82, 2.24) is 15.1 Å². The van der Waals surface area contributed by atoms with Crippen LogP contribution in [0, 0.1) is 0 Å². The van der Waals surface area contributed by atoms with Gasteiger partial charge in [-0.3, -0.25) is 4.90 Å². The van der Waals surface area contributed by atoms with Crippen LogP contribution < -0.4 is 10.1 Å². The van der Waals surface area contributed by atoms with Crippen LogP contribution in [0.5, 0.6) is 5.75 Å². The molecular formula is C37H44BrN3O5. The number of carbonyl (C=O) groups excluding carboxylic acids is 2. The fraction of sp³-hybridized carbons (Fsp3) is 0.459. The normalized spacial score (nSPS) is 17.7. The molecule has 0 bridgehead atoms. The van der Waals surface area contributed by atoms with Crippen LogP contribution in [0.1, 0.15) is 69.1 Å². The molecule has 3 aliphatic rings. The maximum absolute atomic E-state index is 12.8. The maximum Gasteiger partial charge on any atom is 0.410 e. The van der Waals surface area contributed by atoms with Gasteiger partial charge in [0.15, 0.2) is 0 Å². The van der Waals surface area contributed by atoms with E-state index in [1.165, 1.54) is 27.8 Å². The Bertz CT molecular complexity index is 1490. The van der Waals surface area contributed by atoms with Crippen LogP contribution in [-0.4, -0.2) is 72.5 Å². The summed E-state index contributed by atoms with van der Waals surface area (Å²) in [7, 11) is 0. The number of carbonyl (C=O) groups is 2. The molecule has 0 aromatic heterocycles. The zero-order valence-corrected chi connectivity index (χ0v) is 28.6. The van der Waals surface area contributed by atoms with Gasteiger partial charge in [-0.2, -0.15) is 0 Å². The third-order valence-corrected chi connectivity index (χ3v) is 9.66. The summed E-state index contributed by atoms with van der Waals surface area (Å²) in [5, 5.41) is 3.11. The van der Waals surface area contributed by atoms with Crippen LogP contribution >= 0.6 is 15.9 Å². The van der Waals surface area contributed by atoms with E-state index in [1.54, 1.807) is 4.90 Å². The largest absolute Gasteiger partial charge is 0.489 e. The molecule has 8 nitrogen and oxygen atoms in total. The Labute approximate surface area is 280 Å². The molecule has 6 rings (SSSR count). The van der Waals surface area contributed by atoms with Crippen LogP contribution in [0.2, 0.25) is 0 Å². The SMILES string of the molecule is CC(C)(C)OC(=O)N1CCC(Oc2ccc(CN3CCC(NC(=O)OCC4c5ccccc5-c5ccccc54)CC3)cc2Br)CC1. The molecule has 2 amide bonds. The monoisotopic (exact) mass is 689 g/mol. The topological polar surface area (TPSA) is 80.3 Å². The Morgan fingerprint density at radius 1 is 0.870 bits per heavy atom. The van der Waals surface area contributed by atoms with Gasteiger partial charge in [-0.1, -0.05) is 54.6 Å². The molecule has 46 heavy (non-hydrogen) atoms. The highest BCUT2D eigenvalue weighted by atomic mass is 79.9. The van der Waals surface area contributed by atoms with Gasteiger partial charge < -0.3 is 24.4 Å². The molecule has 0 radical (unpaired) electrons. The number of fused-ring (bicyclic) bond motifs is 3. The number of ether oxygens (including phenoxy) is 3. The summed E-state index contributed by atoms with van der Waals surface area (Å²) in [4.78, 5) is 29.3. The van der Waals surface area contributed by atoms with Crippen LogP contribution in [0.25, 0.3) is 11.1 Å². The molecule has 3 aromatic rings. The Morgan fingerprint density at radius 3 is 2.11 bits per heavy atom. The van der Waals surface area contributed by atoms with Crippen molar-refractivity contribution in [2.45, 2.75) is 76.7 Å². The van der Waals surface area contributed by atoms with E-state index in [1.807, 2.05) is 39.0 Å². The highest BCUT2D eigenvalue weighted by Crippen LogP contribution is 2.44. The number of benzene rings is 3. The minimum absolute atomic E-state index is 0.0591. The van der Waals surface area contributed by atoms with E-state index in [-0.39, 0.29) is 30.3 Å². The van der Waals surface area contributed by atoms with Crippen molar-refractivity contribution in [3.63, 3.8) is 0 Å². The van der Waals surface area contributed by atoms with Gasteiger partial charge in [0.1, 0.15) is 24.1 Å². The average molecular weight is 691 g/mol. The summed E-state index contributed by atoms with van der Waals surface area (Å²) >= 11 is 3.71. The van der Waals surface area contributed by atoms with Crippen molar-refractivity contribution >= 4 is 28.1 Å². The summed E-state index contributed by atoms with van der Waals surface area (Å²) in [6.07, 6.45) is 2.77. The number of nitrogens with one attached hydrogen (secondary N) is 1. The van der Waals surface area contributed by atoms with Crippen molar-refractivity contribution in [2.24, 2.45) is 0 Å². The van der Waals surface area contributed by atoms with E-state index < -0.39 is 5.60 Å². The smallest absolute Gasteiger partial charge is 0.410 e. The van der Waals surface area contributed by atoms with Gasteiger partial charge in [-0.05, 0) is 89.5 Å². The minimum atomic E-state index is -0.491. The highest BCUT2D eigenvalue weighted by Gasteiger charge is 2.30. The van der Waals surface area contributed by atoms with E-state index in [9.17, 15) is 9.59 Å². The average Bonchev–Trinajstić information content (AvgIpc) is 3.35. The van der Waals surface area contributed by atoms with Gasteiger partial charge in [0.2, 0.25) is 0 Å². The Morgan fingerprint density at radius 2 is 1.50 bits per heavy atom. The molecular weight excluding hydrogens is 646 g/mol. The van der Waals surface area contributed by atoms with Crippen LogP contribution in [0.4, 0.5) is 9.59 Å². The number of halogens is 1. The first kappa shape index (κ1) is 32.4. The lowest BCUT2D eigenvalue weighted by Crippen LogP contribution is -2.44. The number of hydrogen-bond donors (Lipinski definition) is 1. The Balaban J connectivity index is 0.921. The number of likely N-dealkylation sites (tertiary alicyclic amines) is 2. The maximum atomic E-state index is 12.8. The molecule has 0 unspecified atom stereocenters.